The number of carbonyl (C=O) groups excluding carboxylic acids is 2. The van der Waals surface area contributed by atoms with Gasteiger partial charge in [-0.05, 0) is 45.7 Å². The minimum absolute atomic E-state index is 0.165. The second kappa shape index (κ2) is 10.7. The summed E-state index contributed by atoms with van der Waals surface area (Å²) < 4.78 is 5.19. The molecule has 0 radical (unpaired) electrons. The standard InChI is InChI=1S/C24H27N3O3S2/c1-6-19(22(28)27-23-21(24(29)30-7-2)14(3)15(4)31-23)32-20-13-18(25-16(5)26-20)17-11-9-8-10-12-17/h8-13,19H,6-7H2,1-5H3,(H,27,28). The quantitative estimate of drug-likeness (QED) is 0.254. The molecule has 1 amide bonds. The summed E-state index contributed by atoms with van der Waals surface area (Å²) in [7, 11) is 0. The summed E-state index contributed by atoms with van der Waals surface area (Å²) in [6, 6.07) is 11.8. The summed E-state index contributed by atoms with van der Waals surface area (Å²) >= 11 is 2.79. The summed E-state index contributed by atoms with van der Waals surface area (Å²) in [4.78, 5) is 35.6. The van der Waals surface area contributed by atoms with Crippen molar-refractivity contribution in [2.24, 2.45) is 0 Å². The molecule has 3 rings (SSSR count). The first-order chi connectivity index (χ1) is 15.3. The van der Waals surface area contributed by atoms with Crippen LogP contribution in [0.1, 0.15) is 46.9 Å². The fraction of sp³-hybridized carbons (Fsp3) is 0.333. The zero-order valence-corrected chi connectivity index (χ0v) is 20.5. The molecule has 0 fully saturated rings. The number of nitrogens with zero attached hydrogens (tertiary/aromatic N) is 2. The van der Waals surface area contributed by atoms with E-state index in [1.165, 1.54) is 23.1 Å². The zero-order valence-electron chi connectivity index (χ0n) is 18.9. The Morgan fingerprint density at radius 1 is 1.12 bits per heavy atom. The second-order valence-corrected chi connectivity index (χ2v) is 9.66. The van der Waals surface area contributed by atoms with Crippen LogP contribution in [0.2, 0.25) is 0 Å². The highest BCUT2D eigenvalue weighted by Gasteiger charge is 2.25. The highest BCUT2D eigenvalue weighted by molar-refractivity contribution is 8.00. The number of thiophene rings is 1. The van der Waals surface area contributed by atoms with E-state index >= 15 is 0 Å². The number of aromatic nitrogens is 2. The lowest BCUT2D eigenvalue weighted by Gasteiger charge is -2.15. The highest BCUT2D eigenvalue weighted by Crippen LogP contribution is 2.34. The van der Waals surface area contributed by atoms with E-state index in [-0.39, 0.29) is 17.8 Å². The van der Waals surface area contributed by atoms with E-state index in [1.807, 2.05) is 64.1 Å². The Kier molecular flexibility index (Phi) is 8.04. The number of esters is 1. The lowest BCUT2D eigenvalue weighted by molar-refractivity contribution is -0.115. The van der Waals surface area contributed by atoms with Gasteiger partial charge in [-0.25, -0.2) is 14.8 Å². The molecular weight excluding hydrogens is 442 g/mol. The summed E-state index contributed by atoms with van der Waals surface area (Å²) in [5.41, 5.74) is 3.10. The maximum atomic E-state index is 13.1. The minimum Gasteiger partial charge on any atom is -0.462 e. The average molecular weight is 470 g/mol. The number of carbonyl (C=O) groups is 2. The van der Waals surface area contributed by atoms with E-state index in [0.29, 0.717) is 22.8 Å². The van der Waals surface area contributed by atoms with Crippen LogP contribution in [0.5, 0.6) is 0 Å². The number of nitrogens with one attached hydrogen (secondary N) is 1. The average Bonchev–Trinajstić information content (AvgIpc) is 3.05. The van der Waals surface area contributed by atoms with Gasteiger partial charge in [0.25, 0.3) is 0 Å². The van der Waals surface area contributed by atoms with Gasteiger partial charge in [0.1, 0.15) is 15.9 Å². The fourth-order valence-corrected chi connectivity index (χ4v) is 5.22. The van der Waals surface area contributed by atoms with Gasteiger partial charge in [0, 0.05) is 10.4 Å². The number of hydrogen-bond donors (Lipinski definition) is 1. The molecule has 168 valence electrons. The maximum absolute atomic E-state index is 13.1. The number of benzene rings is 1. The smallest absolute Gasteiger partial charge is 0.341 e. The molecule has 8 heteroatoms. The summed E-state index contributed by atoms with van der Waals surface area (Å²) in [5, 5.41) is 3.86. The van der Waals surface area contributed by atoms with Gasteiger partial charge in [-0.3, -0.25) is 4.79 Å². The third-order valence-corrected chi connectivity index (χ3v) is 7.32. The largest absolute Gasteiger partial charge is 0.462 e. The Bertz CT molecular complexity index is 1110. The Hall–Kier alpha value is -2.71. The molecule has 0 aliphatic carbocycles. The molecule has 1 N–H and O–H groups in total. The van der Waals surface area contributed by atoms with Gasteiger partial charge in [-0.15, -0.1) is 11.3 Å². The van der Waals surface area contributed by atoms with E-state index in [0.717, 1.165) is 26.7 Å². The molecule has 1 unspecified atom stereocenters. The predicted molar refractivity (Wildman–Crippen MR) is 131 cm³/mol. The summed E-state index contributed by atoms with van der Waals surface area (Å²) in [6.07, 6.45) is 0.609. The molecule has 1 atom stereocenters. The van der Waals surface area contributed by atoms with Crippen LogP contribution in [0, 0.1) is 20.8 Å². The monoisotopic (exact) mass is 469 g/mol. The van der Waals surface area contributed by atoms with Crippen molar-refractivity contribution in [3.05, 3.63) is 58.2 Å². The van der Waals surface area contributed by atoms with Crippen molar-refractivity contribution >= 4 is 40.0 Å². The first kappa shape index (κ1) is 23.9. The topological polar surface area (TPSA) is 81.2 Å². The fourth-order valence-electron chi connectivity index (χ4n) is 3.18. The van der Waals surface area contributed by atoms with Gasteiger partial charge in [0.05, 0.1) is 23.1 Å². The first-order valence-corrected chi connectivity index (χ1v) is 12.2. The van der Waals surface area contributed by atoms with E-state index in [9.17, 15) is 9.59 Å². The van der Waals surface area contributed by atoms with Crippen molar-refractivity contribution in [2.75, 3.05) is 11.9 Å². The Balaban J connectivity index is 1.82. The van der Waals surface area contributed by atoms with Gasteiger partial charge in [-0.2, -0.15) is 0 Å². The van der Waals surface area contributed by atoms with Crippen LogP contribution >= 0.6 is 23.1 Å². The van der Waals surface area contributed by atoms with E-state index < -0.39 is 5.97 Å². The lowest BCUT2D eigenvalue weighted by atomic mass is 10.1. The summed E-state index contributed by atoms with van der Waals surface area (Å²) in [6.45, 7) is 9.65. The Morgan fingerprint density at radius 2 is 1.84 bits per heavy atom. The molecule has 2 heterocycles. The highest BCUT2D eigenvalue weighted by atomic mass is 32.2. The van der Waals surface area contributed by atoms with Crippen molar-refractivity contribution < 1.29 is 14.3 Å². The van der Waals surface area contributed by atoms with Crippen LogP contribution in [-0.2, 0) is 9.53 Å². The SMILES string of the molecule is CCOC(=O)c1c(NC(=O)C(CC)Sc2cc(-c3ccccc3)nc(C)n2)sc(C)c1C. The molecule has 0 aliphatic rings. The Morgan fingerprint density at radius 3 is 2.50 bits per heavy atom. The van der Waals surface area contributed by atoms with E-state index in [1.54, 1.807) is 6.92 Å². The molecule has 2 aromatic heterocycles. The van der Waals surface area contributed by atoms with E-state index in [2.05, 4.69) is 15.3 Å². The number of rotatable bonds is 8. The molecular formula is C24H27N3O3S2. The second-order valence-electron chi connectivity index (χ2n) is 7.22. The molecule has 3 aromatic rings. The van der Waals surface area contributed by atoms with Crippen molar-refractivity contribution in [3.8, 4) is 11.3 Å². The molecule has 0 saturated heterocycles. The molecule has 0 spiro atoms. The third kappa shape index (κ3) is 5.55. The molecule has 0 saturated carbocycles. The third-order valence-electron chi connectivity index (χ3n) is 4.91. The van der Waals surface area contributed by atoms with Crippen LogP contribution in [0.4, 0.5) is 5.00 Å². The Labute approximate surface area is 196 Å². The van der Waals surface area contributed by atoms with Crippen LogP contribution in [0.3, 0.4) is 0 Å². The molecule has 32 heavy (non-hydrogen) atoms. The van der Waals surface area contributed by atoms with E-state index in [4.69, 9.17) is 4.74 Å². The maximum Gasteiger partial charge on any atom is 0.341 e. The number of aryl methyl sites for hydroxylation is 2. The number of ether oxygens (including phenoxy) is 1. The zero-order chi connectivity index (χ0) is 23.3. The van der Waals surface area contributed by atoms with Crippen molar-refractivity contribution in [3.63, 3.8) is 0 Å². The van der Waals surface area contributed by atoms with Crippen LogP contribution < -0.4 is 5.32 Å². The van der Waals surface area contributed by atoms with Gasteiger partial charge in [0.15, 0.2) is 0 Å². The van der Waals surface area contributed by atoms with Gasteiger partial charge in [0.2, 0.25) is 5.91 Å². The van der Waals surface area contributed by atoms with Crippen LogP contribution in [0.25, 0.3) is 11.3 Å². The number of thioether (sulfide) groups is 1. The number of hydrogen-bond acceptors (Lipinski definition) is 7. The van der Waals surface area contributed by atoms with Crippen molar-refractivity contribution in [2.45, 2.75) is 51.3 Å². The minimum atomic E-state index is -0.413. The van der Waals surface area contributed by atoms with Crippen LogP contribution in [-0.4, -0.2) is 33.7 Å². The van der Waals surface area contributed by atoms with Crippen molar-refractivity contribution in [1.29, 1.82) is 0 Å². The number of amides is 1. The summed E-state index contributed by atoms with van der Waals surface area (Å²) in [5.74, 6) is 0.0734. The first-order valence-electron chi connectivity index (χ1n) is 10.5. The molecule has 0 aliphatic heterocycles. The van der Waals surface area contributed by atoms with Gasteiger partial charge < -0.3 is 10.1 Å². The van der Waals surface area contributed by atoms with Gasteiger partial charge >= 0.3 is 5.97 Å². The van der Waals surface area contributed by atoms with Crippen molar-refractivity contribution in [1.82, 2.24) is 9.97 Å². The normalized spacial score (nSPS) is 11.8. The predicted octanol–water partition coefficient (Wildman–Crippen LogP) is 5.82. The van der Waals surface area contributed by atoms with Crippen LogP contribution in [0.15, 0.2) is 41.4 Å². The molecule has 1 aromatic carbocycles. The molecule has 6 nitrogen and oxygen atoms in total. The molecule has 0 bridgehead atoms. The number of anilines is 1. The lowest BCUT2D eigenvalue weighted by Crippen LogP contribution is -2.25. The van der Waals surface area contributed by atoms with Gasteiger partial charge in [-0.1, -0.05) is 49.0 Å².